The van der Waals surface area contributed by atoms with Gasteiger partial charge in [-0.1, -0.05) is 48.6 Å². The van der Waals surface area contributed by atoms with Crippen LogP contribution in [0.15, 0.2) is 54.1 Å². The van der Waals surface area contributed by atoms with Crippen molar-refractivity contribution in [3.8, 4) is 0 Å². The molecule has 0 aromatic heterocycles. The second-order valence-electron chi connectivity index (χ2n) is 4.14. The first-order chi connectivity index (χ1) is 7.86. The minimum absolute atomic E-state index is 0.237. The molecule has 0 atom stereocenters. The van der Waals surface area contributed by atoms with Crippen LogP contribution < -0.4 is 0 Å². The van der Waals surface area contributed by atoms with Crippen LogP contribution in [-0.4, -0.2) is 5.78 Å². The third-order valence-corrected chi connectivity index (χ3v) is 3.16. The summed E-state index contributed by atoms with van der Waals surface area (Å²) in [6, 6.07) is 7.92. The fourth-order valence-electron chi connectivity index (χ4n) is 2.37. The number of Topliss-reactive ketones (excluding diaryl/α,β-unsaturated/α-hetero) is 1. The van der Waals surface area contributed by atoms with Crippen LogP contribution in [0.2, 0.25) is 0 Å². The Balaban J connectivity index is 2.24. The number of ketones is 1. The molecule has 0 spiro atoms. The summed E-state index contributed by atoms with van der Waals surface area (Å²) in [4.78, 5) is 12.0. The van der Waals surface area contributed by atoms with Gasteiger partial charge in [0.25, 0.3) is 0 Å². The number of allylic oxidation sites excluding steroid dienone is 6. The van der Waals surface area contributed by atoms with Crippen molar-refractivity contribution in [1.82, 2.24) is 0 Å². The van der Waals surface area contributed by atoms with Crippen LogP contribution in [0.4, 0.5) is 0 Å². The summed E-state index contributed by atoms with van der Waals surface area (Å²) >= 11 is 0. The summed E-state index contributed by atoms with van der Waals surface area (Å²) < 4.78 is 0. The summed E-state index contributed by atoms with van der Waals surface area (Å²) in [6.07, 6.45) is 9.74. The number of rotatable bonds is 0. The van der Waals surface area contributed by atoms with Crippen LogP contribution >= 0.6 is 0 Å². The zero-order chi connectivity index (χ0) is 11.0. The molecule has 78 valence electrons. The first-order valence-corrected chi connectivity index (χ1v) is 5.54. The van der Waals surface area contributed by atoms with Gasteiger partial charge < -0.3 is 0 Å². The molecule has 0 heterocycles. The van der Waals surface area contributed by atoms with Gasteiger partial charge in [-0.2, -0.15) is 0 Å². The highest BCUT2D eigenvalue weighted by molar-refractivity contribution is 6.06. The molecule has 2 aliphatic rings. The molecule has 1 aromatic carbocycles. The summed E-state index contributed by atoms with van der Waals surface area (Å²) in [7, 11) is 0. The molecule has 0 bridgehead atoms. The molecule has 16 heavy (non-hydrogen) atoms. The molecule has 0 aliphatic heterocycles. The fraction of sp³-hybridized carbons (Fsp3) is 0.133. The van der Waals surface area contributed by atoms with E-state index in [2.05, 4.69) is 18.2 Å². The van der Waals surface area contributed by atoms with E-state index in [1.807, 2.05) is 30.4 Å². The number of fused-ring (bicyclic) bond motifs is 2. The molecule has 0 saturated carbocycles. The first kappa shape index (κ1) is 9.34. The lowest BCUT2D eigenvalue weighted by molar-refractivity contribution is 0.0992. The molecule has 0 radical (unpaired) electrons. The molecule has 0 saturated heterocycles. The number of carbonyl (C=O) groups excluding carboxylic acids is 1. The van der Waals surface area contributed by atoms with Crippen molar-refractivity contribution < 1.29 is 4.79 Å². The third kappa shape index (κ3) is 1.36. The Bertz CT molecular complexity index is 544. The Labute approximate surface area is 94.8 Å². The van der Waals surface area contributed by atoms with E-state index in [1.54, 1.807) is 0 Å². The molecule has 0 amide bonds. The summed E-state index contributed by atoms with van der Waals surface area (Å²) in [5.41, 5.74) is 4.48. The van der Waals surface area contributed by atoms with E-state index < -0.39 is 0 Å². The van der Waals surface area contributed by atoms with Crippen molar-refractivity contribution in [1.29, 1.82) is 0 Å². The molecule has 0 N–H and O–H groups in total. The lowest BCUT2D eigenvalue weighted by atomic mass is 9.83. The lowest BCUT2D eigenvalue weighted by Gasteiger charge is -2.19. The quantitative estimate of drug-likeness (QED) is 0.637. The Hall–Kier alpha value is -1.89. The van der Waals surface area contributed by atoms with E-state index >= 15 is 0 Å². The standard InChI is InChI=1S/C15H12O/c16-15-10-11-6-2-1-3-7-12(11)13-8-4-5-9-14(13)15/h1-6,8-9H,7,10H2. The average Bonchev–Trinajstić information content (AvgIpc) is 2.55. The maximum Gasteiger partial charge on any atom is 0.167 e. The van der Waals surface area contributed by atoms with E-state index in [1.165, 1.54) is 11.1 Å². The minimum atomic E-state index is 0.237. The van der Waals surface area contributed by atoms with Crippen molar-refractivity contribution in [3.63, 3.8) is 0 Å². The van der Waals surface area contributed by atoms with Crippen molar-refractivity contribution in [3.05, 3.63) is 65.3 Å². The van der Waals surface area contributed by atoms with Gasteiger partial charge in [-0.25, -0.2) is 0 Å². The first-order valence-electron chi connectivity index (χ1n) is 5.54. The fourth-order valence-corrected chi connectivity index (χ4v) is 2.37. The normalized spacial score (nSPS) is 18.1. The predicted molar refractivity (Wildman–Crippen MR) is 65.2 cm³/mol. The molecule has 0 unspecified atom stereocenters. The Morgan fingerprint density at radius 3 is 2.69 bits per heavy atom. The van der Waals surface area contributed by atoms with Gasteiger partial charge in [0.15, 0.2) is 5.78 Å². The van der Waals surface area contributed by atoms with Crippen LogP contribution in [-0.2, 0) is 0 Å². The molecular weight excluding hydrogens is 196 g/mol. The molecule has 1 nitrogen and oxygen atoms in total. The minimum Gasteiger partial charge on any atom is -0.294 e. The van der Waals surface area contributed by atoms with Crippen molar-refractivity contribution in [2.75, 3.05) is 0 Å². The Kier molecular flexibility index (Phi) is 2.10. The topological polar surface area (TPSA) is 17.1 Å². The zero-order valence-electron chi connectivity index (χ0n) is 8.94. The van der Waals surface area contributed by atoms with E-state index in [-0.39, 0.29) is 5.78 Å². The molecule has 0 fully saturated rings. The van der Waals surface area contributed by atoms with Crippen molar-refractivity contribution in [2.45, 2.75) is 12.8 Å². The van der Waals surface area contributed by atoms with E-state index in [4.69, 9.17) is 0 Å². The number of hydrogen-bond acceptors (Lipinski definition) is 1. The Morgan fingerprint density at radius 1 is 1.00 bits per heavy atom. The lowest BCUT2D eigenvalue weighted by Crippen LogP contribution is -2.11. The SMILES string of the molecule is O=C1CC2=C(CC=CC=C2)c2ccccc21. The van der Waals surface area contributed by atoms with Crippen LogP contribution in [0.3, 0.4) is 0 Å². The van der Waals surface area contributed by atoms with Crippen molar-refractivity contribution >= 4 is 11.4 Å². The number of hydrogen-bond donors (Lipinski definition) is 0. The van der Waals surface area contributed by atoms with Gasteiger partial charge >= 0.3 is 0 Å². The highest BCUT2D eigenvalue weighted by Gasteiger charge is 2.22. The van der Waals surface area contributed by atoms with E-state index in [0.29, 0.717) is 6.42 Å². The highest BCUT2D eigenvalue weighted by atomic mass is 16.1. The maximum atomic E-state index is 12.0. The van der Waals surface area contributed by atoms with E-state index in [9.17, 15) is 4.79 Å². The molecule has 1 aromatic rings. The predicted octanol–water partition coefficient (Wildman–Crippen LogP) is 3.54. The van der Waals surface area contributed by atoms with E-state index in [0.717, 1.165) is 17.5 Å². The van der Waals surface area contributed by atoms with Gasteiger partial charge in [0, 0.05) is 12.0 Å². The largest absolute Gasteiger partial charge is 0.294 e. The monoisotopic (exact) mass is 208 g/mol. The summed E-state index contributed by atoms with van der Waals surface area (Å²) in [5, 5.41) is 0. The molecule has 3 rings (SSSR count). The Morgan fingerprint density at radius 2 is 1.81 bits per heavy atom. The average molecular weight is 208 g/mol. The summed E-state index contributed by atoms with van der Waals surface area (Å²) in [5.74, 6) is 0.237. The molecular formula is C15H12O. The van der Waals surface area contributed by atoms with Crippen LogP contribution in [0.1, 0.15) is 28.8 Å². The second kappa shape index (κ2) is 3.60. The van der Waals surface area contributed by atoms with Gasteiger partial charge in [-0.05, 0) is 23.1 Å². The van der Waals surface area contributed by atoms with Crippen LogP contribution in [0.5, 0.6) is 0 Å². The van der Waals surface area contributed by atoms with Crippen LogP contribution in [0, 0.1) is 0 Å². The second-order valence-corrected chi connectivity index (χ2v) is 4.14. The van der Waals surface area contributed by atoms with Crippen molar-refractivity contribution in [2.24, 2.45) is 0 Å². The van der Waals surface area contributed by atoms with Gasteiger partial charge in [0.05, 0.1) is 0 Å². The highest BCUT2D eigenvalue weighted by Crippen LogP contribution is 2.35. The zero-order valence-corrected chi connectivity index (χ0v) is 8.94. The molecule has 2 aliphatic carbocycles. The number of carbonyl (C=O) groups is 1. The van der Waals surface area contributed by atoms with Gasteiger partial charge in [0.2, 0.25) is 0 Å². The third-order valence-electron chi connectivity index (χ3n) is 3.16. The number of benzene rings is 1. The molecule has 1 heteroatoms. The van der Waals surface area contributed by atoms with Gasteiger partial charge in [-0.3, -0.25) is 4.79 Å². The van der Waals surface area contributed by atoms with Crippen LogP contribution in [0.25, 0.3) is 5.57 Å². The summed E-state index contributed by atoms with van der Waals surface area (Å²) in [6.45, 7) is 0. The van der Waals surface area contributed by atoms with Gasteiger partial charge in [-0.15, -0.1) is 0 Å². The smallest absolute Gasteiger partial charge is 0.167 e. The van der Waals surface area contributed by atoms with Gasteiger partial charge in [0.1, 0.15) is 0 Å². The maximum absolute atomic E-state index is 12.0.